The number of alkyl halides is 5. The molecule has 13 heteroatoms. The average Bonchev–Trinajstić information content (AvgIpc) is 3.32. The molecule has 31 heavy (non-hydrogen) atoms. The Bertz CT molecular complexity index is 980. The van der Waals surface area contributed by atoms with Gasteiger partial charge in [-0.1, -0.05) is 0 Å². The highest BCUT2D eigenvalue weighted by Gasteiger charge is 2.41. The van der Waals surface area contributed by atoms with E-state index in [2.05, 4.69) is 15.5 Å². The van der Waals surface area contributed by atoms with Crippen LogP contribution in [-0.4, -0.2) is 59.0 Å². The number of nitrogens with zero attached hydrogens (tertiary/aromatic N) is 3. The monoisotopic (exact) mass is 450 g/mol. The van der Waals surface area contributed by atoms with Crippen molar-refractivity contribution in [3.05, 3.63) is 35.0 Å². The Kier molecular flexibility index (Phi) is 5.64. The highest BCUT2D eigenvalue weighted by molar-refractivity contribution is 5.99. The summed E-state index contributed by atoms with van der Waals surface area (Å²) in [6.45, 7) is -1.18. The third kappa shape index (κ3) is 4.37. The molecule has 0 saturated carbocycles. The SMILES string of the molecule is O=C1c2cc(-c3nnc(C(F)F)o3)cc(F)c2CN1[C@@H]1COCC[C@H]1NCC(F)(F)F. The zero-order valence-corrected chi connectivity index (χ0v) is 15.8. The van der Waals surface area contributed by atoms with Gasteiger partial charge in [0, 0.05) is 29.3 Å². The lowest BCUT2D eigenvalue weighted by Gasteiger charge is -2.38. The van der Waals surface area contributed by atoms with Gasteiger partial charge in [-0.15, -0.1) is 10.2 Å². The molecule has 0 spiro atoms. The first kappa shape index (κ1) is 21.6. The minimum absolute atomic E-state index is 0.00879. The van der Waals surface area contributed by atoms with Gasteiger partial charge in [0.15, 0.2) is 0 Å². The maximum absolute atomic E-state index is 14.7. The van der Waals surface area contributed by atoms with Crippen LogP contribution in [0.3, 0.4) is 0 Å². The van der Waals surface area contributed by atoms with Crippen LogP contribution in [0.25, 0.3) is 11.5 Å². The average molecular weight is 450 g/mol. The van der Waals surface area contributed by atoms with Gasteiger partial charge < -0.3 is 19.4 Å². The molecule has 7 nitrogen and oxygen atoms in total. The Balaban J connectivity index is 1.58. The number of nitrogens with one attached hydrogen (secondary N) is 1. The largest absolute Gasteiger partial charge is 0.415 e. The van der Waals surface area contributed by atoms with Crippen molar-refractivity contribution in [1.29, 1.82) is 0 Å². The van der Waals surface area contributed by atoms with Crippen molar-refractivity contribution in [2.45, 2.75) is 37.7 Å². The van der Waals surface area contributed by atoms with Crippen LogP contribution in [-0.2, 0) is 11.3 Å². The summed E-state index contributed by atoms with van der Waals surface area (Å²) in [7, 11) is 0. The molecule has 2 aliphatic rings. The Morgan fingerprint density at radius 1 is 1.26 bits per heavy atom. The third-order valence-corrected chi connectivity index (χ3v) is 5.18. The molecule has 1 saturated heterocycles. The van der Waals surface area contributed by atoms with Crippen molar-refractivity contribution < 1.29 is 40.3 Å². The van der Waals surface area contributed by atoms with Crippen LogP contribution in [0.5, 0.6) is 0 Å². The molecule has 0 radical (unpaired) electrons. The molecule has 1 fully saturated rings. The number of hydrogen-bond acceptors (Lipinski definition) is 6. The van der Waals surface area contributed by atoms with Crippen LogP contribution in [0.4, 0.5) is 26.3 Å². The molecule has 2 atom stereocenters. The van der Waals surface area contributed by atoms with Crippen LogP contribution in [0.1, 0.15) is 34.7 Å². The molecule has 3 heterocycles. The molecule has 1 N–H and O–H groups in total. The summed E-state index contributed by atoms with van der Waals surface area (Å²) in [5, 5.41) is 9.02. The molecular formula is C18H16F6N4O3. The Morgan fingerprint density at radius 3 is 2.71 bits per heavy atom. The molecule has 0 unspecified atom stereocenters. The first-order chi connectivity index (χ1) is 14.6. The third-order valence-electron chi connectivity index (χ3n) is 5.18. The first-order valence-corrected chi connectivity index (χ1v) is 9.27. The summed E-state index contributed by atoms with van der Waals surface area (Å²) in [6, 6.07) is 0.786. The lowest BCUT2D eigenvalue weighted by atomic mass is 10.0. The maximum atomic E-state index is 14.7. The zero-order valence-electron chi connectivity index (χ0n) is 15.8. The summed E-state index contributed by atoms with van der Waals surface area (Å²) in [5.74, 6) is -2.73. The second kappa shape index (κ2) is 8.11. The van der Waals surface area contributed by atoms with Gasteiger partial charge in [0.05, 0.1) is 25.7 Å². The zero-order chi connectivity index (χ0) is 22.3. The number of fused-ring (bicyclic) bond motifs is 1. The standard InChI is InChI=1S/C18H16F6N4O3/c19-11-4-8(15-26-27-16(31-15)14(20)21)3-9-10(11)5-28(17(9)29)13-6-30-2-1-12(13)25-7-18(22,23)24/h3-4,12-14,25H,1-2,5-7H2/t12-,13-/m1/s1. The lowest BCUT2D eigenvalue weighted by Crippen LogP contribution is -2.56. The normalized spacial score (nSPS) is 21.8. The van der Waals surface area contributed by atoms with Gasteiger partial charge in [0.2, 0.25) is 5.89 Å². The summed E-state index contributed by atoms with van der Waals surface area (Å²) < 4.78 is 88.1. The topological polar surface area (TPSA) is 80.5 Å². The van der Waals surface area contributed by atoms with Gasteiger partial charge in [0.25, 0.3) is 11.8 Å². The predicted molar refractivity (Wildman–Crippen MR) is 91.6 cm³/mol. The number of halogens is 6. The van der Waals surface area contributed by atoms with Gasteiger partial charge in [-0.25, -0.2) is 4.39 Å². The van der Waals surface area contributed by atoms with Crippen LogP contribution in [0, 0.1) is 5.82 Å². The minimum Gasteiger partial charge on any atom is -0.415 e. The lowest BCUT2D eigenvalue weighted by molar-refractivity contribution is -0.129. The smallest absolute Gasteiger partial charge is 0.401 e. The molecule has 0 bridgehead atoms. The van der Waals surface area contributed by atoms with Crippen LogP contribution in [0.15, 0.2) is 16.5 Å². The number of ether oxygens (including phenoxy) is 1. The summed E-state index contributed by atoms with van der Waals surface area (Å²) in [6.07, 6.45) is -7.19. The first-order valence-electron chi connectivity index (χ1n) is 9.27. The molecule has 2 aromatic rings. The van der Waals surface area contributed by atoms with Crippen molar-refractivity contribution in [2.75, 3.05) is 19.8 Å². The van der Waals surface area contributed by atoms with E-state index in [0.29, 0.717) is 0 Å². The highest BCUT2D eigenvalue weighted by atomic mass is 19.4. The number of carbonyl (C=O) groups is 1. The van der Waals surface area contributed by atoms with Crippen molar-refractivity contribution in [3.63, 3.8) is 0 Å². The van der Waals surface area contributed by atoms with E-state index in [1.165, 1.54) is 11.0 Å². The van der Waals surface area contributed by atoms with Crippen molar-refractivity contribution in [1.82, 2.24) is 20.4 Å². The van der Waals surface area contributed by atoms with E-state index in [4.69, 9.17) is 9.15 Å². The van der Waals surface area contributed by atoms with Gasteiger partial charge >= 0.3 is 12.6 Å². The molecule has 1 aromatic carbocycles. The predicted octanol–water partition coefficient (Wildman–Crippen LogP) is 3.08. The van der Waals surface area contributed by atoms with Gasteiger partial charge in [0.1, 0.15) is 5.82 Å². The number of hydrogen-bond donors (Lipinski definition) is 1. The van der Waals surface area contributed by atoms with Gasteiger partial charge in [-0.05, 0) is 18.6 Å². The molecule has 1 amide bonds. The van der Waals surface area contributed by atoms with Crippen molar-refractivity contribution in [3.8, 4) is 11.5 Å². The Morgan fingerprint density at radius 2 is 2.03 bits per heavy atom. The highest BCUT2D eigenvalue weighted by Crippen LogP contribution is 2.34. The Labute approximate surface area is 171 Å². The summed E-state index contributed by atoms with van der Waals surface area (Å²) >= 11 is 0. The molecule has 2 aliphatic heterocycles. The van der Waals surface area contributed by atoms with Crippen molar-refractivity contribution >= 4 is 5.91 Å². The summed E-state index contributed by atoms with van der Waals surface area (Å²) in [5.41, 5.74) is -0.0630. The minimum atomic E-state index is -4.43. The fourth-order valence-corrected chi connectivity index (χ4v) is 3.73. The van der Waals surface area contributed by atoms with E-state index < -0.39 is 48.8 Å². The number of benzene rings is 1. The number of amides is 1. The van der Waals surface area contributed by atoms with E-state index in [1.807, 2.05) is 0 Å². The van der Waals surface area contributed by atoms with Crippen LogP contribution < -0.4 is 5.32 Å². The van der Waals surface area contributed by atoms with Gasteiger partial charge in [-0.2, -0.15) is 22.0 Å². The maximum Gasteiger partial charge on any atom is 0.401 e. The molecule has 1 aromatic heterocycles. The summed E-state index contributed by atoms with van der Waals surface area (Å²) in [4.78, 5) is 14.2. The van der Waals surface area contributed by atoms with Crippen molar-refractivity contribution in [2.24, 2.45) is 0 Å². The molecule has 0 aliphatic carbocycles. The second-order valence-electron chi connectivity index (χ2n) is 7.20. The van der Waals surface area contributed by atoms with Gasteiger partial charge in [-0.3, -0.25) is 4.79 Å². The van der Waals surface area contributed by atoms with E-state index in [9.17, 15) is 31.1 Å². The number of rotatable bonds is 5. The quantitative estimate of drug-likeness (QED) is 0.706. The fourth-order valence-electron chi connectivity index (χ4n) is 3.73. The molecule has 4 rings (SSSR count). The molecular weight excluding hydrogens is 434 g/mol. The van der Waals surface area contributed by atoms with E-state index in [-0.39, 0.29) is 48.8 Å². The number of aromatic nitrogens is 2. The van der Waals surface area contributed by atoms with E-state index in [0.717, 1.165) is 6.07 Å². The molecule has 168 valence electrons. The van der Waals surface area contributed by atoms with E-state index in [1.54, 1.807) is 0 Å². The number of carbonyl (C=O) groups excluding carboxylic acids is 1. The van der Waals surface area contributed by atoms with Crippen LogP contribution >= 0.6 is 0 Å². The van der Waals surface area contributed by atoms with E-state index >= 15 is 0 Å². The Hall–Kier alpha value is -2.67. The fraction of sp³-hybridized carbons (Fsp3) is 0.500. The van der Waals surface area contributed by atoms with Crippen LogP contribution in [0.2, 0.25) is 0 Å². The second-order valence-corrected chi connectivity index (χ2v) is 7.20.